The molecule has 0 saturated heterocycles. The molecule has 3 aromatic rings. The third-order valence-electron chi connectivity index (χ3n) is 3.36. The quantitative estimate of drug-likeness (QED) is 0.752. The summed E-state index contributed by atoms with van der Waals surface area (Å²) in [5, 5.41) is 3.60. The third kappa shape index (κ3) is 3.04. The Morgan fingerprint density at radius 2 is 2.00 bits per heavy atom. The monoisotopic (exact) mass is 361 g/mol. The Labute approximate surface area is 135 Å². The Morgan fingerprint density at radius 1 is 1.18 bits per heavy atom. The highest BCUT2D eigenvalue weighted by molar-refractivity contribution is 9.10. The molecule has 3 rings (SSSR count). The topological polar surface area (TPSA) is 42.2 Å². The van der Waals surface area contributed by atoms with Crippen LogP contribution >= 0.6 is 15.9 Å². The van der Waals surface area contributed by atoms with Crippen LogP contribution in [0.3, 0.4) is 0 Å². The van der Waals surface area contributed by atoms with Gasteiger partial charge in [0.15, 0.2) is 5.76 Å². The normalized spacial score (nSPS) is 10.8. The van der Waals surface area contributed by atoms with Crippen molar-refractivity contribution >= 4 is 32.8 Å². The third-order valence-corrected chi connectivity index (χ3v) is 3.98. The predicted molar refractivity (Wildman–Crippen MR) is 86.4 cm³/mol. The van der Waals surface area contributed by atoms with Crippen molar-refractivity contribution in [2.75, 3.05) is 6.54 Å². The van der Waals surface area contributed by atoms with Crippen LogP contribution in [-0.4, -0.2) is 12.5 Å². The number of nitrogens with one attached hydrogen (secondary N) is 1. The van der Waals surface area contributed by atoms with Gasteiger partial charge in [0, 0.05) is 11.9 Å². The van der Waals surface area contributed by atoms with Crippen LogP contribution in [0.25, 0.3) is 11.0 Å². The van der Waals surface area contributed by atoms with Gasteiger partial charge in [0.05, 0.1) is 4.47 Å². The van der Waals surface area contributed by atoms with Crippen LogP contribution in [-0.2, 0) is 6.42 Å². The molecule has 1 aromatic heterocycles. The zero-order chi connectivity index (χ0) is 15.5. The molecule has 112 valence electrons. The molecule has 0 unspecified atom stereocenters. The maximum Gasteiger partial charge on any atom is 0.287 e. The Balaban J connectivity index is 1.66. The summed E-state index contributed by atoms with van der Waals surface area (Å²) in [7, 11) is 0. The van der Waals surface area contributed by atoms with E-state index in [4.69, 9.17) is 4.42 Å². The van der Waals surface area contributed by atoms with E-state index in [9.17, 15) is 9.18 Å². The highest BCUT2D eigenvalue weighted by Gasteiger charge is 2.13. The van der Waals surface area contributed by atoms with Gasteiger partial charge in [0.1, 0.15) is 11.4 Å². The summed E-state index contributed by atoms with van der Waals surface area (Å²) in [6, 6.07) is 13.8. The summed E-state index contributed by atoms with van der Waals surface area (Å²) in [4.78, 5) is 12.1. The average Bonchev–Trinajstić information content (AvgIpc) is 2.95. The number of benzene rings is 2. The van der Waals surface area contributed by atoms with Crippen molar-refractivity contribution in [1.29, 1.82) is 0 Å². The number of rotatable bonds is 4. The number of hydrogen-bond acceptors (Lipinski definition) is 2. The molecule has 0 bridgehead atoms. The zero-order valence-corrected chi connectivity index (χ0v) is 13.2. The predicted octanol–water partition coefficient (Wildman–Crippen LogP) is 4.31. The van der Waals surface area contributed by atoms with E-state index in [-0.39, 0.29) is 17.5 Å². The lowest BCUT2D eigenvalue weighted by Crippen LogP contribution is -2.25. The molecule has 1 heterocycles. The second kappa shape index (κ2) is 6.32. The molecule has 5 heteroatoms. The van der Waals surface area contributed by atoms with Crippen molar-refractivity contribution in [3.8, 4) is 0 Å². The second-order valence-electron chi connectivity index (χ2n) is 4.87. The first kappa shape index (κ1) is 14.8. The summed E-state index contributed by atoms with van der Waals surface area (Å²) < 4.78 is 19.8. The van der Waals surface area contributed by atoms with E-state index in [0.29, 0.717) is 24.1 Å². The summed E-state index contributed by atoms with van der Waals surface area (Å²) in [6.45, 7) is 0.345. The minimum absolute atomic E-state index is 0.246. The summed E-state index contributed by atoms with van der Waals surface area (Å²) in [5.41, 5.74) is 1.22. The lowest BCUT2D eigenvalue weighted by atomic mass is 10.1. The Morgan fingerprint density at radius 3 is 2.77 bits per heavy atom. The Bertz CT molecular complexity index is 828. The molecule has 0 spiro atoms. The van der Waals surface area contributed by atoms with Crippen LogP contribution in [0.2, 0.25) is 0 Å². The average molecular weight is 362 g/mol. The summed E-state index contributed by atoms with van der Waals surface area (Å²) >= 11 is 3.38. The van der Waals surface area contributed by atoms with Gasteiger partial charge in [0.2, 0.25) is 0 Å². The molecular formula is C17H13BrFNO2. The van der Waals surface area contributed by atoms with E-state index in [1.807, 2.05) is 18.2 Å². The molecule has 0 atom stereocenters. The Hall–Kier alpha value is -2.14. The van der Waals surface area contributed by atoms with Crippen molar-refractivity contribution in [2.24, 2.45) is 0 Å². The van der Waals surface area contributed by atoms with Crippen molar-refractivity contribution in [3.05, 3.63) is 70.1 Å². The molecule has 1 N–H and O–H groups in total. The van der Waals surface area contributed by atoms with Crippen LogP contribution in [0, 0.1) is 5.82 Å². The molecule has 3 nitrogen and oxygen atoms in total. The summed E-state index contributed by atoms with van der Waals surface area (Å²) in [6.07, 6.45) is 0.433. The van der Waals surface area contributed by atoms with Gasteiger partial charge in [0.25, 0.3) is 5.91 Å². The largest absolute Gasteiger partial charge is 0.450 e. The molecule has 0 radical (unpaired) electrons. The SMILES string of the molecule is O=C(NCCc1ccccc1F)c1cc2cccc(Br)c2o1. The number of halogens is 2. The fourth-order valence-electron chi connectivity index (χ4n) is 2.24. The first-order valence-corrected chi connectivity index (χ1v) is 7.64. The van der Waals surface area contributed by atoms with Gasteiger partial charge in [-0.1, -0.05) is 30.3 Å². The minimum atomic E-state index is -0.306. The van der Waals surface area contributed by atoms with Gasteiger partial charge in [-0.3, -0.25) is 4.79 Å². The minimum Gasteiger partial charge on any atom is -0.450 e. The fourth-order valence-corrected chi connectivity index (χ4v) is 2.70. The number of amides is 1. The first-order valence-electron chi connectivity index (χ1n) is 6.85. The van der Waals surface area contributed by atoms with Crippen LogP contribution in [0.15, 0.2) is 57.4 Å². The lowest BCUT2D eigenvalue weighted by molar-refractivity contribution is 0.0928. The van der Waals surface area contributed by atoms with Crippen molar-refractivity contribution in [2.45, 2.75) is 6.42 Å². The van der Waals surface area contributed by atoms with Crippen LogP contribution in [0.4, 0.5) is 4.39 Å². The van der Waals surface area contributed by atoms with Crippen LogP contribution in [0.1, 0.15) is 16.1 Å². The van der Waals surface area contributed by atoms with Crippen LogP contribution in [0.5, 0.6) is 0 Å². The molecular weight excluding hydrogens is 349 g/mol. The van der Waals surface area contributed by atoms with Gasteiger partial charge in [-0.2, -0.15) is 0 Å². The highest BCUT2D eigenvalue weighted by atomic mass is 79.9. The smallest absolute Gasteiger partial charge is 0.287 e. The number of furan rings is 1. The lowest BCUT2D eigenvalue weighted by Gasteiger charge is -2.04. The standard InChI is InChI=1S/C17H13BrFNO2/c18-13-6-3-5-12-10-15(22-16(12)13)17(21)20-9-8-11-4-1-2-7-14(11)19/h1-7,10H,8-9H2,(H,20,21). The maximum absolute atomic E-state index is 13.5. The molecule has 0 fully saturated rings. The maximum atomic E-state index is 13.5. The van der Waals surface area contributed by atoms with E-state index in [2.05, 4.69) is 21.2 Å². The number of hydrogen-bond donors (Lipinski definition) is 1. The first-order chi connectivity index (χ1) is 10.6. The fraction of sp³-hybridized carbons (Fsp3) is 0.118. The zero-order valence-electron chi connectivity index (χ0n) is 11.6. The molecule has 2 aromatic carbocycles. The van der Waals surface area contributed by atoms with E-state index >= 15 is 0 Å². The van der Waals surface area contributed by atoms with Crippen molar-refractivity contribution in [3.63, 3.8) is 0 Å². The van der Waals surface area contributed by atoms with Crippen LogP contribution < -0.4 is 5.32 Å². The highest BCUT2D eigenvalue weighted by Crippen LogP contribution is 2.26. The molecule has 0 aliphatic heterocycles. The van der Waals surface area contributed by atoms with E-state index in [0.717, 1.165) is 9.86 Å². The molecule has 22 heavy (non-hydrogen) atoms. The summed E-state index contributed by atoms with van der Waals surface area (Å²) in [5.74, 6) is -0.320. The number of fused-ring (bicyclic) bond motifs is 1. The Kier molecular flexibility index (Phi) is 4.24. The second-order valence-corrected chi connectivity index (χ2v) is 5.72. The van der Waals surface area contributed by atoms with E-state index in [1.54, 1.807) is 24.3 Å². The molecule has 0 saturated carbocycles. The molecule has 0 aliphatic rings. The van der Waals surface area contributed by atoms with Gasteiger partial charge < -0.3 is 9.73 Å². The molecule has 0 aliphatic carbocycles. The van der Waals surface area contributed by atoms with Crippen molar-refractivity contribution in [1.82, 2.24) is 5.32 Å². The van der Waals surface area contributed by atoms with E-state index in [1.165, 1.54) is 6.07 Å². The number of carbonyl (C=O) groups excluding carboxylic acids is 1. The van der Waals surface area contributed by atoms with Gasteiger partial charge in [-0.15, -0.1) is 0 Å². The number of para-hydroxylation sites is 1. The van der Waals surface area contributed by atoms with E-state index < -0.39 is 0 Å². The molecule has 1 amide bonds. The number of carbonyl (C=O) groups is 1. The van der Waals surface area contributed by atoms with Gasteiger partial charge >= 0.3 is 0 Å². The van der Waals surface area contributed by atoms with Gasteiger partial charge in [-0.05, 0) is 46.1 Å². The van der Waals surface area contributed by atoms with Crippen molar-refractivity contribution < 1.29 is 13.6 Å². The van der Waals surface area contributed by atoms with Gasteiger partial charge in [-0.25, -0.2) is 4.39 Å².